The van der Waals surface area contributed by atoms with Crippen LogP contribution in [0.3, 0.4) is 0 Å². The van der Waals surface area contributed by atoms with Crippen molar-refractivity contribution in [2.24, 2.45) is 29.6 Å². The zero-order valence-corrected chi connectivity index (χ0v) is 12.1. The van der Waals surface area contributed by atoms with E-state index in [1.165, 1.54) is 6.54 Å². The molecule has 0 spiro atoms. The van der Waals surface area contributed by atoms with Gasteiger partial charge in [0.2, 0.25) is 0 Å². The molecular formula is C16H30N2. The number of rotatable bonds is 6. The largest absolute Gasteiger partial charge is 0.315 e. The van der Waals surface area contributed by atoms with Crippen LogP contribution in [0, 0.1) is 29.6 Å². The highest BCUT2D eigenvalue weighted by atomic mass is 15.0. The maximum absolute atomic E-state index is 3.71. The summed E-state index contributed by atoms with van der Waals surface area (Å²) < 4.78 is 0. The highest BCUT2D eigenvalue weighted by Gasteiger charge is 2.47. The van der Waals surface area contributed by atoms with Gasteiger partial charge < -0.3 is 10.6 Å². The van der Waals surface area contributed by atoms with Crippen molar-refractivity contribution >= 4 is 0 Å². The Morgan fingerprint density at radius 1 is 0.889 bits per heavy atom. The van der Waals surface area contributed by atoms with Crippen LogP contribution in [0.5, 0.6) is 0 Å². The van der Waals surface area contributed by atoms with Gasteiger partial charge in [0, 0.05) is 19.1 Å². The summed E-state index contributed by atoms with van der Waals surface area (Å²) in [5.41, 5.74) is 0. The van der Waals surface area contributed by atoms with Crippen LogP contribution >= 0.6 is 0 Å². The van der Waals surface area contributed by atoms with Crippen molar-refractivity contribution < 1.29 is 0 Å². The zero-order chi connectivity index (χ0) is 12.5. The van der Waals surface area contributed by atoms with Gasteiger partial charge in [-0.15, -0.1) is 0 Å². The fourth-order valence-electron chi connectivity index (χ4n) is 5.09. The molecule has 4 bridgehead atoms. The molecule has 104 valence electrons. The zero-order valence-electron chi connectivity index (χ0n) is 12.1. The molecule has 4 rings (SSSR count). The minimum absolute atomic E-state index is 0.618. The molecule has 0 amide bonds. The SMILES string of the molecule is CC(C)NCCNCC1C2CC3CC(C2)CC1C3. The summed E-state index contributed by atoms with van der Waals surface area (Å²) in [5, 5.41) is 7.19. The summed E-state index contributed by atoms with van der Waals surface area (Å²) in [6.45, 7) is 7.98. The van der Waals surface area contributed by atoms with Crippen LogP contribution in [-0.4, -0.2) is 25.7 Å². The van der Waals surface area contributed by atoms with Gasteiger partial charge in [-0.25, -0.2) is 0 Å². The average molecular weight is 250 g/mol. The molecule has 0 aromatic rings. The molecule has 2 nitrogen and oxygen atoms in total. The minimum Gasteiger partial charge on any atom is -0.315 e. The Morgan fingerprint density at radius 2 is 1.50 bits per heavy atom. The Kier molecular flexibility index (Phi) is 3.95. The van der Waals surface area contributed by atoms with Crippen LogP contribution < -0.4 is 10.6 Å². The first-order chi connectivity index (χ1) is 8.72. The van der Waals surface area contributed by atoms with Gasteiger partial charge in [0.25, 0.3) is 0 Å². The van der Waals surface area contributed by atoms with Gasteiger partial charge in [0.05, 0.1) is 0 Å². The molecule has 0 heterocycles. The molecule has 0 radical (unpaired) electrons. The van der Waals surface area contributed by atoms with E-state index in [1.807, 2.05) is 0 Å². The van der Waals surface area contributed by atoms with E-state index >= 15 is 0 Å². The van der Waals surface area contributed by atoms with Crippen LogP contribution in [0.1, 0.15) is 46.0 Å². The van der Waals surface area contributed by atoms with Gasteiger partial charge in [-0.1, -0.05) is 13.8 Å². The number of hydrogen-bond acceptors (Lipinski definition) is 2. The summed E-state index contributed by atoms with van der Waals surface area (Å²) in [6.07, 6.45) is 7.81. The molecule has 4 saturated carbocycles. The number of hydrogen-bond donors (Lipinski definition) is 2. The highest BCUT2D eigenvalue weighted by molar-refractivity contribution is 4.98. The first kappa shape index (κ1) is 12.9. The number of nitrogens with one attached hydrogen (secondary N) is 2. The molecular weight excluding hydrogens is 220 g/mol. The topological polar surface area (TPSA) is 24.1 Å². The van der Waals surface area contributed by atoms with Gasteiger partial charge in [0.1, 0.15) is 0 Å². The summed E-state index contributed by atoms with van der Waals surface area (Å²) in [6, 6.07) is 0.618. The molecule has 4 aliphatic carbocycles. The fourth-order valence-corrected chi connectivity index (χ4v) is 5.09. The van der Waals surface area contributed by atoms with Crippen LogP contribution in [0.15, 0.2) is 0 Å². The van der Waals surface area contributed by atoms with E-state index in [4.69, 9.17) is 0 Å². The maximum Gasteiger partial charge on any atom is 0.00790 e. The monoisotopic (exact) mass is 250 g/mol. The van der Waals surface area contributed by atoms with Crippen molar-refractivity contribution in [3.05, 3.63) is 0 Å². The summed E-state index contributed by atoms with van der Waals surface area (Å²) >= 11 is 0. The van der Waals surface area contributed by atoms with E-state index in [2.05, 4.69) is 24.5 Å². The van der Waals surface area contributed by atoms with E-state index in [0.717, 1.165) is 42.7 Å². The Balaban J connectivity index is 1.41. The lowest BCUT2D eigenvalue weighted by atomic mass is 9.52. The second-order valence-electron chi connectivity index (χ2n) is 7.41. The van der Waals surface area contributed by atoms with E-state index < -0.39 is 0 Å². The quantitative estimate of drug-likeness (QED) is 0.708. The van der Waals surface area contributed by atoms with Gasteiger partial charge in [-0.3, -0.25) is 0 Å². The second-order valence-corrected chi connectivity index (χ2v) is 7.41. The third-order valence-corrected chi connectivity index (χ3v) is 5.66. The first-order valence-electron chi connectivity index (χ1n) is 8.16. The predicted molar refractivity (Wildman–Crippen MR) is 76.5 cm³/mol. The molecule has 2 heteroatoms. The van der Waals surface area contributed by atoms with Gasteiger partial charge in [-0.05, 0) is 68.2 Å². The summed E-state index contributed by atoms with van der Waals surface area (Å²) in [5.74, 6) is 5.40. The van der Waals surface area contributed by atoms with Crippen molar-refractivity contribution in [2.45, 2.75) is 52.0 Å². The fraction of sp³-hybridized carbons (Fsp3) is 1.00. The third kappa shape index (κ3) is 2.75. The molecule has 0 saturated heterocycles. The van der Waals surface area contributed by atoms with Crippen LogP contribution in [-0.2, 0) is 0 Å². The normalized spacial score (nSPS) is 41.8. The summed E-state index contributed by atoms with van der Waals surface area (Å²) in [7, 11) is 0. The lowest BCUT2D eigenvalue weighted by Crippen LogP contribution is -2.48. The van der Waals surface area contributed by atoms with E-state index in [0.29, 0.717) is 6.04 Å². The van der Waals surface area contributed by atoms with E-state index in [1.54, 1.807) is 32.1 Å². The average Bonchev–Trinajstić information content (AvgIpc) is 2.30. The minimum atomic E-state index is 0.618. The molecule has 4 aliphatic rings. The van der Waals surface area contributed by atoms with E-state index in [-0.39, 0.29) is 0 Å². The summed E-state index contributed by atoms with van der Waals surface area (Å²) in [4.78, 5) is 0. The molecule has 4 fully saturated rings. The maximum atomic E-state index is 3.71. The van der Waals surface area contributed by atoms with Crippen LogP contribution in [0.25, 0.3) is 0 Å². The van der Waals surface area contributed by atoms with Crippen molar-refractivity contribution in [2.75, 3.05) is 19.6 Å². The van der Waals surface area contributed by atoms with E-state index in [9.17, 15) is 0 Å². The second kappa shape index (κ2) is 5.50. The van der Waals surface area contributed by atoms with Crippen molar-refractivity contribution in [1.29, 1.82) is 0 Å². The first-order valence-corrected chi connectivity index (χ1v) is 8.16. The smallest absolute Gasteiger partial charge is 0.00790 e. The van der Waals surface area contributed by atoms with Crippen molar-refractivity contribution in [3.63, 3.8) is 0 Å². The van der Waals surface area contributed by atoms with Crippen LogP contribution in [0.4, 0.5) is 0 Å². The molecule has 0 aromatic heterocycles. The Bertz CT molecular complexity index is 246. The molecule has 2 N–H and O–H groups in total. The van der Waals surface area contributed by atoms with Gasteiger partial charge in [-0.2, -0.15) is 0 Å². The lowest BCUT2D eigenvalue weighted by Gasteiger charge is -2.54. The Morgan fingerprint density at radius 3 is 2.06 bits per heavy atom. The molecule has 0 atom stereocenters. The van der Waals surface area contributed by atoms with Gasteiger partial charge >= 0.3 is 0 Å². The lowest BCUT2D eigenvalue weighted by molar-refractivity contribution is -0.0353. The molecule has 0 aromatic carbocycles. The third-order valence-electron chi connectivity index (χ3n) is 5.66. The van der Waals surface area contributed by atoms with Crippen LogP contribution in [0.2, 0.25) is 0 Å². The predicted octanol–water partition coefficient (Wildman–Crippen LogP) is 2.65. The van der Waals surface area contributed by atoms with Gasteiger partial charge in [0.15, 0.2) is 0 Å². The highest BCUT2D eigenvalue weighted by Crippen LogP contribution is 2.56. The molecule has 18 heavy (non-hydrogen) atoms. The molecule has 0 unspecified atom stereocenters. The Labute approximate surface area is 112 Å². The van der Waals surface area contributed by atoms with Crippen molar-refractivity contribution in [3.8, 4) is 0 Å². The molecule has 0 aliphatic heterocycles. The standard InChI is InChI=1S/C16H30N2/c1-11(2)18-4-3-17-10-16-14-6-12-5-13(8-14)9-15(16)7-12/h11-18H,3-10H2,1-2H3. The van der Waals surface area contributed by atoms with Crippen molar-refractivity contribution in [1.82, 2.24) is 10.6 Å². The Hall–Kier alpha value is -0.0800.